The first-order valence-electron chi connectivity index (χ1n) is 13.2. The maximum absolute atomic E-state index is 2.59. The van der Waals surface area contributed by atoms with E-state index < -0.39 is 17.9 Å². The first-order valence-corrected chi connectivity index (χ1v) is 16.1. The molecule has 4 aromatic rings. The van der Waals surface area contributed by atoms with E-state index in [1.54, 1.807) is 0 Å². The van der Waals surface area contributed by atoms with Crippen molar-refractivity contribution in [2.24, 2.45) is 0 Å². The topological polar surface area (TPSA) is 6.48 Å². The average molecular weight is 579 g/mol. The zero-order valence-electron chi connectivity index (χ0n) is 23.6. The predicted molar refractivity (Wildman–Crippen MR) is 162 cm³/mol. The number of hydrogen-bond donors (Lipinski definition) is 0. The predicted octanol–water partition coefficient (Wildman–Crippen LogP) is 1.27. The van der Waals surface area contributed by atoms with Gasteiger partial charge in [-0.1, -0.05) is 149 Å². The van der Waals surface area contributed by atoms with Crippen LogP contribution in [0.5, 0.6) is 0 Å². The number of hydrogen-bond acceptors (Lipinski definition) is 2. The van der Waals surface area contributed by atoms with E-state index >= 15 is 0 Å². The quantitative estimate of drug-likeness (QED) is 0.262. The third kappa shape index (κ3) is 9.83. The van der Waals surface area contributed by atoms with Crippen LogP contribution in [-0.4, -0.2) is 53.2 Å². The van der Waals surface area contributed by atoms with Crippen LogP contribution in [0, 0.1) is 0 Å². The van der Waals surface area contributed by atoms with Gasteiger partial charge in [0.05, 0.1) is 0 Å². The van der Waals surface area contributed by atoms with Crippen LogP contribution in [0.15, 0.2) is 121 Å². The van der Waals surface area contributed by atoms with Gasteiger partial charge in [0.15, 0.2) is 0 Å². The van der Waals surface area contributed by atoms with Crippen LogP contribution in [0.3, 0.4) is 0 Å². The largest absolute Gasteiger partial charge is 1.00 e. The maximum Gasteiger partial charge on any atom is 1.00 e. The molecule has 0 spiro atoms. The van der Waals surface area contributed by atoms with Gasteiger partial charge in [-0.15, -0.1) is 0 Å². The van der Waals surface area contributed by atoms with Gasteiger partial charge < -0.3 is 9.13 Å². The first kappa shape index (κ1) is 34.4. The fourth-order valence-electron chi connectivity index (χ4n) is 4.53. The van der Waals surface area contributed by atoms with Gasteiger partial charge >= 0.3 is 18.9 Å². The summed E-state index contributed by atoms with van der Waals surface area (Å²) < 4.78 is 5.19. The van der Waals surface area contributed by atoms with E-state index in [4.69, 9.17) is 0 Å². The van der Waals surface area contributed by atoms with Gasteiger partial charge in [-0.05, 0) is 46.9 Å². The number of nitrogens with zero attached hydrogens (tertiary/aromatic N) is 2. The minimum absolute atomic E-state index is 0. The molecule has 0 saturated heterocycles. The zero-order chi connectivity index (χ0) is 25.6. The van der Waals surface area contributed by atoms with Crippen LogP contribution in [0.25, 0.3) is 0 Å². The van der Waals surface area contributed by atoms with Crippen molar-refractivity contribution in [2.75, 3.05) is 26.2 Å². The van der Waals surface area contributed by atoms with Gasteiger partial charge in [-0.25, -0.2) is 0 Å². The molecule has 0 aromatic heterocycles. The molecule has 0 saturated carbocycles. The van der Waals surface area contributed by atoms with E-state index in [1.807, 2.05) is 0 Å². The van der Waals surface area contributed by atoms with E-state index in [9.17, 15) is 0 Å². The van der Waals surface area contributed by atoms with Gasteiger partial charge in [0.25, 0.3) is 0 Å². The fraction of sp³-hybridized carbons (Fsp3) is 0.250. The Morgan fingerprint density at radius 3 is 0.737 bits per heavy atom. The molecule has 2 nitrogen and oxygen atoms in total. The Hall–Kier alpha value is -1.65. The summed E-state index contributed by atoms with van der Waals surface area (Å²) >= 11 is 0. The van der Waals surface area contributed by atoms with Gasteiger partial charge in [-0.2, -0.15) is 0 Å². The molecule has 0 heterocycles. The van der Waals surface area contributed by atoms with Crippen LogP contribution in [0.4, 0.5) is 0 Å². The summed E-state index contributed by atoms with van der Waals surface area (Å²) in [5.41, 5.74) is 0. The summed E-state index contributed by atoms with van der Waals surface area (Å²) in [6.07, 6.45) is 0. The average Bonchev–Trinajstić information content (AvgIpc) is 2.96. The molecule has 0 amide bonds. The molecule has 3 radical (unpaired) electrons. The second-order valence-electron chi connectivity index (χ2n) is 8.51. The van der Waals surface area contributed by atoms with Crippen LogP contribution in [0.2, 0.25) is 0 Å². The molecule has 0 aliphatic carbocycles. The summed E-state index contributed by atoms with van der Waals surface area (Å²) in [6, 6.07) is 43.6. The van der Waals surface area contributed by atoms with Crippen LogP contribution < -0.4 is 39.6 Å². The Kier molecular flexibility index (Phi) is 17.6. The Bertz CT molecular complexity index is 927. The fourth-order valence-corrected chi connectivity index (χ4v) is 9.95. The van der Waals surface area contributed by atoms with E-state index in [2.05, 4.69) is 158 Å². The van der Waals surface area contributed by atoms with Crippen molar-refractivity contribution in [2.45, 2.75) is 27.7 Å². The Balaban J connectivity index is 0.000000361. The molecule has 6 heteroatoms. The van der Waals surface area contributed by atoms with Crippen molar-refractivity contribution in [3.63, 3.8) is 0 Å². The molecule has 4 aromatic carbocycles. The molecule has 197 valence electrons. The van der Waals surface area contributed by atoms with E-state index in [-0.39, 0.29) is 35.9 Å². The van der Waals surface area contributed by atoms with Crippen molar-refractivity contribution in [3.8, 4) is 0 Å². The van der Waals surface area contributed by atoms with E-state index in [0.717, 1.165) is 26.2 Å². The van der Waals surface area contributed by atoms with Crippen molar-refractivity contribution in [1.29, 1.82) is 0 Å². The summed E-state index contributed by atoms with van der Waals surface area (Å²) in [4.78, 5) is 0. The first-order chi connectivity index (χ1) is 17.7. The summed E-state index contributed by atoms with van der Waals surface area (Å²) in [6.45, 7) is 13.4. The smallest absolute Gasteiger partial charge is 0.318 e. The minimum atomic E-state index is -0.807. The van der Waals surface area contributed by atoms with E-state index in [0.29, 0.717) is 0 Å². The Morgan fingerprint density at radius 2 is 0.579 bits per heavy atom. The zero-order valence-corrected chi connectivity index (χ0v) is 26.5. The second-order valence-corrected chi connectivity index (χ2v) is 13.5. The molecule has 38 heavy (non-hydrogen) atoms. The molecule has 0 N–H and O–H groups in total. The maximum atomic E-state index is 2.59. The molecular weight excluding hydrogens is 539 g/mol. The molecular formula is C32H40CuLiN2Si2+. The summed E-state index contributed by atoms with van der Waals surface area (Å²) in [5, 5.41) is 5.88. The standard InChI is InChI=1S/2C16H20NSi.Cu.Li/c2*1-3-17(4-2)18(15-11-7-5-8-12-15)16-13-9-6-10-14-16;;/h2*5-14H,3-4H2,1-2H3;;/q;;;+1. The van der Waals surface area contributed by atoms with Gasteiger partial charge in [0.2, 0.25) is 17.9 Å². The van der Waals surface area contributed by atoms with Crippen LogP contribution >= 0.6 is 0 Å². The SMILES string of the molecule is CCN(CC)[Si](c1ccccc1)c1ccccc1.CCN(CC)[Si](c1ccccc1)c1ccccc1.[Cu].[Li+]. The molecule has 4 rings (SSSR count). The molecule has 0 atom stereocenters. The third-order valence-corrected chi connectivity index (χ3v) is 12.4. The summed E-state index contributed by atoms with van der Waals surface area (Å²) in [7, 11) is -1.61. The van der Waals surface area contributed by atoms with Gasteiger partial charge in [0, 0.05) is 17.1 Å². The monoisotopic (exact) mass is 578 g/mol. The van der Waals surface area contributed by atoms with Gasteiger partial charge in [0.1, 0.15) is 0 Å². The van der Waals surface area contributed by atoms with Crippen LogP contribution in [0.1, 0.15) is 27.7 Å². The molecule has 0 bridgehead atoms. The van der Waals surface area contributed by atoms with Crippen molar-refractivity contribution >= 4 is 38.7 Å². The van der Waals surface area contributed by atoms with Crippen molar-refractivity contribution in [1.82, 2.24) is 9.13 Å². The van der Waals surface area contributed by atoms with Crippen molar-refractivity contribution < 1.29 is 35.9 Å². The summed E-state index contributed by atoms with van der Waals surface area (Å²) in [5.74, 6) is 0. The minimum Gasteiger partial charge on any atom is -0.318 e. The Labute approximate surface area is 257 Å². The third-order valence-electron chi connectivity index (χ3n) is 6.35. The van der Waals surface area contributed by atoms with Crippen LogP contribution in [-0.2, 0) is 17.1 Å². The molecule has 0 aliphatic heterocycles. The van der Waals surface area contributed by atoms with Gasteiger partial charge in [-0.3, -0.25) is 0 Å². The number of benzene rings is 4. The molecule has 0 aliphatic rings. The molecule has 0 fully saturated rings. The Morgan fingerprint density at radius 1 is 0.395 bits per heavy atom. The molecule has 0 unspecified atom stereocenters. The second kappa shape index (κ2) is 19.4. The number of rotatable bonds is 10. The normalized spacial score (nSPS) is 10.5. The van der Waals surface area contributed by atoms with E-state index in [1.165, 1.54) is 20.7 Å². The van der Waals surface area contributed by atoms with Crippen molar-refractivity contribution in [3.05, 3.63) is 121 Å².